The van der Waals surface area contributed by atoms with E-state index in [2.05, 4.69) is 25.4 Å². The van der Waals surface area contributed by atoms with Crippen molar-refractivity contribution in [3.8, 4) is 18.1 Å². The third-order valence-electron chi connectivity index (χ3n) is 7.42. The molecule has 5 rings (SSSR count). The zero-order valence-corrected chi connectivity index (χ0v) is 27.8. The number of ether oxygens (including phenoxy) is 2. The van der Waals surface area contributed by atoms with Crippen LogP contribution in [0.25, 0.3) is 21.9 Å². The Labute approximate surface area is 271 Å². The Hall–Kier alpha value is -4.12. The number of aliphatic hydroxyl groups is 1. The summed E-state index contributed by atoms with van der Waals surface area (Å²) in [5, 5.41) is 18.1. The number of benzene rings is 2. The maximum atomic E-state index is 16.4. The van der Waals surface area contributed by atoms with Gasteiger partial charge in [0.25, 0.3) is 0 Å². The van der Waals surface area contributed by atoms with Gasteiger partial charge in [-0.15, -0.1) is 6.42 Å². The molecule has 250 valence electrons. The number of carbonyl (C=O) groups excluding carboxylic acids is 1. The highest BCUT2D eigenvalue weighted by Crippen LogP contribution is 2.49. The van der Waals surface area contributed by atoms with Crippen molar-refractivity contribution in [1.82, 2.24) is 24.6 Å². The lowest BCUT2D eigenvalue weighted by molar-refractivity contribution is -0.148. The van der Waals surface area contributed by atoms with Gasteiger partial charge in [0.2, 0.25) is 5.67 Å². The van der Waals surface area contributed by atoms with Gasteiger partial charge in [-0.2, -0.15) is 5.09 Å². The van der Waals surface area contributed by atoms with E-state index in [1.54, 1.807) is 38.2 Å². The van der Waals surface area contributed by atoms with Crippen molar-refractivity contribution < 1.29 is 37.4 Å². The van der Waals surface area contributed by atoms with Crippen LogP contribution < -0.4 is 14.9 Å². The van der Waals surface area contributed by atoms with Gasteiger partial charge in [0.15, 0.2) is 23.2 Å². The van der Waals surface area contributed by atoms with Gasteiger partial charge in [-0.1, -0.05) is 63.1 Å². The van der Waals surface area contributed by atoms with Crippen LogP contribution in [0.5, 0.6) is 5.75 Å². The van der Waals surface area contributed by atoms with Crippen LogP contribution >= 0.6 is 7.75 Å². The standard InChI is InChI=1S/C32H38FN6O7P/c1-8-32(33)26(40)24(45-30(32)39-18-35-25-27(34-7)36-20(3)37-28(25)39)16-44-47(42,38-19(2)29(41)43-17-31(4,5)6)46-23-15-11-13-21-12-9-10-14-22(21)23/h1,9-15,18-19,24,26,30,40H,16-17H2,2-7H3,(H,38,42)(H,34,36,37)/t19-,24+,26+,30+,32+,47-/m0/s1. The van der Waals surface area contributed by atoms with Gasteiger partial charge in [-0.25, -0.2) is 23.9 Å². The molecule has 0 unspecified atom stereocenters. The van der Waals surface area contributed by atoms with Crippen LogP contribution in [0.3, 0.4) is 0 Å². The van der Waals surface area contributed by atoms with Crippen molar-refractivity contribution in [2.75, 3.05) is 25.6 Å². The highest BCUT2D eigenvalue weighted by molar-refractivity contribution is 7.52. The summed E-state index contributed by atoms with van der Waals surface area (Å²) in [5.74, 6) is 2.30. The molecule has 2 aromatic heterocycles. The van der Waals surface area contributed by atoms with Crippen molar-refractivity contribution in [3.05, 3.63) is 54.6 Å². The van der Waals surface area contributed by atoms with Crippen LogP contribution in [-0.2, 0) is 23.4 Å². The van der Waals surface area contributed by atoms with Gasteiger partial charge in [0.1, 0.15) is 29.8 Å². The first kappa shape index (κ1) is 34.2. The second-order valence-electron chi connectivity index (χ2n) is 12.5. The lowest BCUT2D eigenvalue weighted by Gasteiger charge is -2.26. The number of rotatable bonds is 11. The number of fused-ring (bicyclic) bond motifs is 2. The summed E-state index contributed by atoms with van der Waals surface area (Å²) >= 11 is 0. The van der Waals surface area contributed by atoms with Crippen LogP contribution in [-0.4, -0.2) is 74.8 Å². The fourth-order valence-electron chi connectivity index (χ4n) is 5.05. The summed E-state index contributed by atoms with van der Waals surface area (Å²) < 4.78 is 55.1. The number of hydrogen-bond acceptors (Lipinski definition) is 11. The molecule has 3 N–H and O–H groups in total. The summed E-state index contributed by atoms with van der Waals surface area (Å²) in [6.45, 7) is 8.27. The number of carbonyl (C=O) groups is 1. The quantitative estimate of drug-likeness (QED) is 0.115. The van der Waals surface area contributed by atoms with E-state index < -0.39 is 50.5 Å². The molecule has 15 heteroatoms. The van der Waals surface area contributed by atoms with Gasteiger partial charge in [-0.05, 0) is 30.7 Å². The number of nitrogens with one attached hydrogen (secondary N) is 2. The highest BCUT2D eigenvalue weighted by atomic mass is 31.2. The minimum Gasteiger partial charge on any atom is -0.464 e. The summed E-state index contributed by atoms with van der Waals surface area (Å²) in [6.07, 6.45) is 1.95. The zero-order chi connectivity index (χ0) is 34.1. The average molecular weight is 669 g/mol. The van der Waals surface area contributed by atoms with E-state index in [1.165, 1.54) is 17.8 Å². The second kappa shape index (κ2) is 13.2. The van der Waals surface area contributed by atoms with Crippen molar-refractivity contribution in [2.45, 2.75) is 64.8 Å². The number of nitrogens with zero attached hydrogens (tertiary/aromatic N) is 4. The molecule has 0 saturated carbocycles. The summed E-state index contributed by atoms with van der Waals surface area (Å²) in [5.41, 5.74) is -2.53. The van der Waals surface area contributed by atoms with Gasteiger partial charge in [0.05, 0.1) is 19.5 Å². The normalized spacial score (nSPS) is 23.3. The summed E-state index contributed by atoms with van der Waals surface area (Å²) in [4.78, 5) is 25.8. The number of terminal acetylenes is 1. The van der Waals surface area contributed by atoms with Crippen molar-refractivity contribution in [1.29, 1.82) is 0 Å². The number of anilines is 1. The molecule has 3 heterocycles. The SMILES string of the molecule is C#C[C@@]1(F)[C@H](O)[C@@H](CO[P@@](=O)(N[C@@H](C)C(=O)OCC(C)(C)C)Oc2cccc3ccccc23)O[C@H]1n1cnc2c(NC)nc(C)nc21. The van der Waals surface area contributed by atoms with Crippen LogP contribution in [0.15, 0.2) is 48.8 Å². The number of alkyl halides is 1. The van der Waals surface area contributed by atoms with Crippen LogP contribution in [0, 0.1) is 24.7 Å². The lowest BCUT2D eigenvalue weighted by atomic mass is 9.97. The Morgan fingerprint density at radius 1 is 1.26 bits per heavy atom. The topological polar surface area (TPSA) is 159 Å². The van der Waals surface area contributed by atoms with E-state index >= 15 is 4.39 Å². The third kappa shape index (κ3) is 7.10. The molecule has 4 aromatic rings. The maximum Gasteiger partial charge on any atom is 0.459 e. The Kier molecular flexibility index (Phi) is 9.59. The number of esters is 1. The Morgan fingerprint density at radius 2 is 1.98 bits per heavy atom. The third-order valence-corrected chi connectivity index (χ3v) is 9.05. The highest BCUT2D eigenvalue weighted by Gasteiger charge is 2.58. The fraction of sp³-hybridized carbons (Fsp3) is 0.438. The molecule has 0 radical (unpaired) electrons. The first-order valence-corrected chi connectivity index (χ1v) is 16.5. The largest absolute Gasteiger partial charge is 0.464 e. The second-order valence-corrected chi connectivity index (χ2v) is 14.2. The molecule has 2 aromatic carbocycles. The zero-order valence-electron chi connectivity index (χ0n) is 26.9. The number of aryl methyl sites for hydroxylation is 1. The molecular formula is C32H38FN6O7P. The number of aliphatic hydroxyl groups excluding tert-OH is 1. The van der Waals surface area contributed by atoms with E-state index in [-0.39, 0.29) is 23.4 Å². The maximum absolute atomic E-state index is 16.4. The van der Waals surface area contributed by atoms with E-state index in [9.17, 15) is 14.5 Å². The van der Waals surface area contributed by atoms with Crippen molar-refractivity contribution >= 4 is 41.5 Å². The first-order chi connectivity index (χ1) is 22.2. The Bertz CT molecular complexity index is 1870. The molecule has 1 fully saturated rings. The molecule has 0 bridgehead atoms. The minimum atomic E-state index is -4.45. The predicted molar refractivity (Wildman–Crippen MR) is 173 cm³/mol. The van der Waals surface area contributed by atoms with E-state index in [0.717, 1.165) is 5.39 Å². The molecule has 0 aliphatic carbocycles. The summed E-state index contributed by atoms with van der Waals surface area (Å²) in [7, 11) is -2.79. The molecule has 1 aliphatic heterocycles. The molecule has 0 amide bonds. The molecule has 47 heavy (non-hydrogen) atoms. The number of hydrogen-bond donors (Lipinski definition) is 3. The molecule has 0 spiro atoms. The molecule has 1 aliphatic rings. The molecular weight excluding hydrogens is 630 g/mol. The molecule has 13 nitrogen and oxygen atoms in total. The Balaban J connectivity index is 1.43. The minimum absolute atomic E-state index is 0.116. The smallest absolute Gasteiger partial charge is 0.459 e. The van der Waals surface area contributed by atoms with Gasteiger partial charge in [-0.3, -0.25) is 13.9 Å². The van der Waals surface area contributed by atoms with E-state index in [1.807, 2.05) is 44.9 Å². The average Bonchev–Trinajstić information content (AvgIpc) is 3.56. The van der Waals surface area contributed by atoms with Crippen LogP contribution in [0.2, 0.25) is 0 Å². The number of imidazole rings is 1. The Morgan fingerprint density at radius 3 is 2.68 bits per heavy atom. The fourth-order valence-corrected chi connectivity index (χ4v) is 6.57. The monoisotopic (exact) mass is 668 g/mol. The van der Waals surface area contributed by atoms with E-state index in [4.69, 9.17) is 24.9 Å². The molecule has 1 saturated heterocycles. The van der Waals surface area contributed by atoms with E-state index in [0.29, 0.717) is 22.5 Å². The van der Waals surface area contributed by atoms with Crippen molar-refractivity contribution in [3.63, 3.8) is 0 Å². The van der Waals surface area contributed by atoms with Crippen molar-refractivity contribution in [2.24, 2.45) is 5.41 Å². The van der Waals surface area contributed by atoms with Gasteiger partial charge in [0, 0.05) is 12.4 Å². The predicted octanol–water partition coefficient (Wildman–Crippen LogP) is 4.70. The van der Waals surface area contributed by atoms with Gasteiger partial charge >= 0.3 is 13.7 Å². The number of halogens is 1. The van der Waals surface area contributed by atoms with Gasteiger partial charge < -0.3 is 24.4 Å². The number of aromatic nitrogens is 4. The lowest BCUT2D eigenvalue weighted by Crippen LogP contribution is -2.42. The van der Waals surface area contributed by atoms with Crippen LogP contribution in [0.1, 0.15) is 39.7 Å². The molecule has 6 atom stereocenters. The summed E-state index contributed by atoms with van der Waals surface area (Å²) in [6, 6.07) is 11.3. The first-order valence-electron chi connectivity index (χ1n) is 14.9. The van der Waals surface area contributed by atoms with Crippen LogP contribution in [0.4, 0.5) is 10.2 Å².